The summed E-state index contributed by atoms with van der Waals surface area (Å²) in [6, 6.07) is 11.4. The molecule has 0 radical (unpaired) electrons. The lowest BCUT2D eigenvalue weighted by atomic mass is 9.96. The van der Waals surface area contributed by atoms with E-state index in [2.05, 4.69) is 27.6 Å². The number of hydrogen-bond donors (Lipinski definition) is 3. The summed E-state index contributed by atoms with van der Waals surface area (Å²) in [7, 11) is 0. The van der Waals surface area contributed by atoms with Crippen LogP contribution in [0.25, 0.3) is 32.1 Å². The first kappa shape index (κ1) is 15.6. The van der Waals surface area contributed by atoms with Crippen LogP contribution in [0.4, 0.5) is 0 Å². The van der Waals surface area contributed by atoms with Gasteiger partial charge < -0.3 is 15.8 Å². The molecule has 4 nitrogen and oxygen atoms in total. The number of thiophene rings is 1. The van der Waals surface area contributed by atoms with E-state index < -0.39 is 0 Å². The van der Waals surface area contributed by atoms with E-state index in [0.717, 1.165) is 36.5 Å². The highest BCUT2D eigenvalue weighted by Crippen LogP contribution is 2.41. The number of nitrogens with two attached hydrogens (primary N) is 1. The van der Waals surface area contributed by atoms with Crippen molar-refractivity contribution in [2.24, 2.45) is 5.73 Å². The monoisotopic (exact) mass is 448 g/mol. The highest BCUT2D eigenvalue weighted by Gasteiger charge is 2.17. The number of aromatic hydroxyl groups is 1. The van der Waals surface area contributed by atoms with E-state index in [4.69, 9.17) is 5.73 Å². The fourth-order valence-corrected chi connectivity index (χ4v) is 4.48. The van der Waals surface area contributed by atoms with E-state index in [0.29, 0.717) is 11.2 Å². The summed E-state index contributed by atoms with van der Waals surface area (Å²) in [5.41, 5.74) is 8.98. The number of fused-ring (bicyclic) bond motifs is 3. The van der Waals surface area contributed by atoms with Crippen LogP contribution in [0, 0.1) is 3.57 Å². The normalized spacial score (nSPS) is 11.4. The molecule has 0 bridgehead atoms. The Hall–Kier alpha value is -1.90. The average molecular weight is 448 g/mol. The van der Waals surface area contributed by atoms with Gasteiger partial charge in [-0.05, 0) is 51.2 Å². The number of hydrogen-bond acceptors (Lipinski definition) is 4. The van der Waals surface area contributed by atoms with Crippen molar-refractivity contribution in [1.82, 2.24) is 4.98 Å². The van der Waals surface area contributed by atoms with Gasteiger partial charge in [-0.1, -0.05) is 24.3 Å². The number of phenols is 1. The van der Waals surface area contributed by atoms with Gasteiger partial charge in [0.15, 0.2) is 0 Å². The molecule has 4 rings (SSSR count). The second-order valence-corrected chi connectivity index (χ2v) is 7.60. The second-order valence-electron chi connectivity index (χ2n) is 5.52. The molecule has 2 heterocycles. The van der Waals surface area contributed by atoms with Crippen molar-refractivity contribution in [3.8, 4) is 16.9 Å². The summed E-state index contributed by atoms with van der Waals surface area (Å²) in [5, 5.41) is 14.3. The summed E-state index contributed by atoms with van der Waals surface area (Å²) >= 11 is 3.54. The number of H-pyrrole nitrogens is 1. The van der Waals surface area contributed by atoms with E-state index in [-0.39, 0.29) is 11.3 Å². The first-order chi connectivity index (χ1) is 11.6. The molecule has 0 spiro atoms. The van der Waals surface area contributed by atoms with Gasteiger partial charge in [-0.3, -0.25) is 4.79 Å². The summed E-state index contributed by atoms with van der Waals surface area (Å²) in [5.74, 6) is 0.201. The number of aromatic amines is 1. The van der Waals surface area contributed by atoms with Gasteiger partial charge in [0.2, 0.25) is 0 Å². The molecule has 120 valence electrons. The van der Waals surface area contributed by atoms with Crippen LogP contribution in [0.5, 0.6) is 5.75 Å². The van der Waals surface area contributed by atoms with Crippen molar-refractivity contribution in [3.63, 3.8) is 0 Å². The quantitative estimate of drug-likeness (QED) is 0.403. The minimum Gasteiger partial charge on any atom is -0.507 e. The fraction of sp³-hybridized carbons (Fsp3) is 0.0556. The molecule has 0 unspecified atom stereocenters. The molecule has 0 atom stereocenters. The minimum absolute atomic E-state index is 0.0967. The fourth-order valence-electron chi connectivity index (χ4n) is 2.98. The molecule has 0 aliphatic carbocycles. The number of halogens is 1. The molecular formula is C18H13IN2O2S. The summed E-state index contributed by atoms with van der Waals surface area (Å²) < 4.78 is 1.48. The van der Waals surface area contributed by atoms with E-state index in [1.165, 1.54) is 11.3 Å². The van der Waals surface area contributed by atoms with Crippen molar-refractivity contribution >= 4 is 54.9 Å². The molecule has 0 saturated carbocycles. The van der Waals surface area contributed by atoms with Crippen molar-refractivity contribution in [1.29, 1.82) is 0 Å². The lowest BCUT2D eigenvalue weighted by Crippen LogP contribution is -2.06. The van der Waals surface area contributed by atoms with Crippen molar-refractivity contribution in [2.75, 3.05) is 0 Å². The molecule has 2 aromatic heterocycles. The third-order valence-corrected chi connectivity index (χ3v) is 5.88. The number of nitrogens with one attached hydrogen (secondary N) is 1. The Balaban J connectivity index is 2.18. The second kappa shape index (κ2) is 5.87. The van der Waals surface area contributed by atoms with Gasteiger partial charge in [0.1, 0.15) is 10.4 Å². The molecule has 0 aliphatic heterocycles. The number of pyridine rings is 1. The SMILES string of the molecule is NCc1ccc(-c2c(O)cc(I)c3[nH]c(=O)c4sccc4c23)cc1. The molecule has 4 N–H and O–H groups in total. The topological polar surface area (TPSA) is 79.1 Å². The summed E-state index contributed by atoms with van der Waals surface area (Å²) in [4.78, 5) is 15.3. The number of phenolic OH excluding ortho intramolecular Hbond substituents is 1. The van der Waals surface area contributed by atoms with Crippen molar-refractivity contribution in [3.05, 3.63) is 61.3 Å². The van der Waals surface area contributed by atoms with Gasteiger partial charge in [0.25, 0.3) is 5.56 Å². The Bertz CT molecular complexity index is 1130. The van der Waals surface area contributed by atoms with Gasteiger partial charge in [0.05, 0.1) is 5.52 Å². The van der Waals surface area contributed by atoms with Gasteiger partial charge in [0, 0.05) is 26.5 Å². The zero-order chi connectivity index (χ0) is 16.8. The van der Waals surface area contributed by atoms with Crippen LogP contribution in [0.1, 0.15) is 5.56 Å². The zero-order valence-electron chi connectivity index (χ0n) is 12.5. The molecule has 0 aliphatic rings. The Morgan fingerprint density at radius 2 is 1.96 bits per heavy atom. The van der Waals surface area contributed by atoms with Crippen LogP contribution in [-0.4, -0.2) is 10.1 Å². The maximum Gasteiger partial charge on any atom is 0.266 e. The van der Waals surface area contributed by atoms with Gasteiger partial charge in [-0.25, -0.2) is 0 Å². The van der Waals surface area contributed by atoms with Crippen molar-refractivity contribution in [2.45, 2.75) is 6.54 Å². The number of rotatable bonds is 2. The third kappa shape index (κ3) is 2.33. The first-order valence-corrected chi connectivity index (χ1v) is 9.30. The van der Waals surface area contributed by atoms with Gasteiger partial charge in [-0.2, -0.15) is 0 Å². The highest BCUT2D eigenvalue weighted by molar-refractivity contribution is 14.1. The van der Waals surface area contributed by atoms with Crippen LogP contribution < -0.4 is 11.3 Å². The Kier molecular flexibility index (Phi) is 3.82. The first-order valence-electron chi connectivity index (χ1n) is 7.34. The molecule has 6 heteroatoms. The molecule has 0 amide bonds. The van der Waals surface area contributed by atoms with Crippen LogP contribution in [0.15, 0.2) is 46.6 Å². The summed E-state index contributed by atoms with van der Waals surface area (Å²) in [6.45, 7) is 0.474. The van der Waals surface area contributed by atoms with Crippen molar-refractivity contribution < 1.29 is 5.11 Å². The molecule has 2 aromatic carbocycles. The number of aromatic nitrogens is 1. The number of benzene rings is 2. The predicted molar refractivity (Wildman–Crippen MR) is 108 cm³/mol. The van der Waals surface area contributed by atoms with Crippen LogP contribution >= 0.6 is 33.9 Å². The third-order valence-electron chi connectivity index (χ3n) is 4.12. The lowest BCUT2D eigenvalue weighted by molar-refractivity contribution is 0.477. The van der Waals surface area contributed by atoms with Crippen LogP contribution in [0.2, 0.25) is 0 Å². The lowest BCUT2D eigenvalue weighted by Gasteiger charge is -2.13. The van der Waals surface area contributed by atoms with Gasteiger partial charge >= 0.3 is 0 Å². The standard InChI is InChI=1S/C18H13IN2O2S/c19-12-7-13(22)14(10-3-1-9(8-20)2-4-10)15-11-5-6-24-17(11)18(23)21-16(12)15/h1-7,22H,8,20H2,(H,21,23). The molecule has 0 fully saturated rings. The Morgan fingerprint density at radius 3 is 2.67 bits per heavy atom. The average Bonchev–Trinajstić information content (AvgIpc) is 3.07. The molecular weight excluding hydrogens is 435 g/mol. The Morgan fingerprint density at radius 1 is 1.21 bits per heavy atom. The van der Waals surface area contributed by atoms with Crippen LogP contribution in [-0.2, 0) is 6.54 Å². The summed E-state index contributed by atoms with van der Waals surface area (Å²) in [6.07, 6.45) is 0. The van der Waals surface area contributed by atoms with E-state index >= 15 is 0 Å². The zero-order valence-corrected chi connectivity index (χ0v) is 15.4. The smallest absolute Gasteiger partial charge is 0.266 e. The van der Waals surface area contributed by atoms with Crippen LogP contribution in [0.3, 0.4) is 0 Å². The van der Waals surface area contributed by atoms with Gasteiger partial charge in [-0.15, -0.1) is 11.3 Å². The molecule has 4 aromatic rings. The van der Waals surface area contributed by atoms with E-state index in [1.807, 2.05) is 35.7 Å². The highest BCUT2D eigenvalue weighted by atomic mass is 127. The molecule has 24 heavy (non-hydrogen) atoms. The maximum absolute atomic E-state index is 12.3. The van der Waals surface area contributed by atoms with E-state index in [9.17, 15) is 9.90 Å². The molecule has 0 saturated heterocycles. The Labute approximate surface area is 155 Å². The maximum atomic E-state index is 12.3. The largest absolute Gasteiger partial charge is 0.507 e. The predicted octanol–water partition coefficient (Wildman–Crippen LogP) is 4.18. The minimum atomic E-state index is -0.0967. The van der Waals surface area contributed by atoms with E-state index in [1.54, 1.807) is 6.07 Å².